The summed E-state index contributed by atoms with van der Waals surface area (Å²) in [7, 11) is 0. The van der Waals surface area contributed by atoms with E-state index in [1.807, 2.05) is 13.8 Å². The number of aliphatic hydroxyl groups is 1. The molecule has 0 bridgehead atoms. The van der Waals surface area contributed by atoms with E-state index < -0.39 is 36.2 Å². The van der Waals surface area contributed by atoms with Crippen LogP contribution in [0.1, 0.15) is 27.7 Å². The highest BCUT2D eigenvalue weighted by Crippen LogP contribution is 2.38. The second-order valence-electron chi connectivity index (χ2n) is 6.64. The summed E-state index contributed by atoms with van der Waals surface area (Å²) in [6.07, 6.45) is -1.03. The maximum Gasteiger partial charge on any atom is 0.187 e. The van der Waals surface area contributed by atoms with Gasteiger partial charge in [-0.1, -0.05) is 0 Å². The lowest BCUT2D eigenvalue weighted by Crippen LogP contribution is -2.50. The van der Waals surface area contributed by atoms with Gasteiger partial charge in [-0.15, -0.1) is 0 Å². The average molecular weight is 314 g/mol. The summed E-state index contributed by atoms with van der Waals surface area (Å²) < 4.78 is 28.5. The van der Waals surface area contributed by atoms with Crippen LogP contribution < -0.4 is 0 Å². The number of ether oxygens (including phenoxy) is 5. The van der Waals surface area contributed by atoms with Gasteiger partial charge >= 0.3 is 0 Å². The van der Waals surface area contributed by atoms with Crippen molar-refractivity contribution in [2.45, 2.75) is 70.0 Å². The summed E-state index contributed by atoms with van der Waals surface area (Å²) >= 11 is 0. The lowest BCUT2D eigenvalue weighted by molar-refractivity contribution is -0.185. The van der Waals surface area contributed by atoms with Crippen LogP contribution in [0.4, 0.5) is 0 Å². The summed E-state index contributed by atoms with van der Waals surface area (Å²) in [4.78, 5) is 12.1. The maximum atomic E-state index is 12.1. The van der Waals surface area contributed by atoms with Gasteiger partial charge in [-0.2, -0.15) is 0 Å². The van der Waals surface area contributed by atoms with Crippen LogP contribution in [0.15, 0.2) is 12.2 Å². The van der Waals surface area contributed by atoms with Gasteiger partial charge in [-0.25, -0.2) is 0 Å². The Balaban J connectivity index is 1.81. The molecule has 0 aromatic rings. The molecule has 2 saturated heterocycles. The maximum absolute atomic E-state index is 12.1. The molecule has 7 heteroatoms. The molecule has 3 heterocycles. The molecule has 0 aromatic heterocycles. The molecular weight excluding hydrogens is 292 g/mol. The Bertz CT molecular complexity index is 484. The van der Waals surface area contributed by atoms with Crippen LogP contribution in [0.3, 0.4) is 0 Å². The zero-order chi connectivity index (χ0) is 16.1. The van der Waals surface area contributed by atoms with E-state index in [9.17, 15) is 9.90 Å². The molecule has 0 aliphatic carbocycles. The molecule has 0 amide bonds. The van der Waals surface area contributed by atoms with Crippen molar-refractivity contribution in [2.24, 2.45) is 0 Å². The Hall–Kier alpha value is -0.830. The van der Waals surface area contributed by atoms with Crippen molar-refractivity contribution in [3.63, 3.8) is 0 Å². The fourth-order valence-electron chi connectivity index (χ4n) is 2.99. The molecule has 0 aromatic carbocycles. The molecule has 3 aliphatic heterocycles. The first kappa shape index (κ1) is 16.0. The third kappa shape index (κ3) is 3.10. The van der Waals surface area contributed by atoms with E-state index in [4.69, 9.17) is 23.7 Å². The van der Waals surface area contributed by atoms with Gasteiger partial charge in [0.1, 0.15) is 18.3 Å². The number of hydrogen-bond donors (Lipinski definition) is 1. The molecule has 0 radical (unpaired) electrons. The van der Waals surface area contributed by atoms with Crippen molar-refractivity contribution in [3.05, 3.63) is 12.2 Å². The average Bonchev–Trinajstić information content (AvgIpc) is 2.92. The summed E-state index contributed by atoms with van der Waals surface area (Å²) in [5.74, 6) is -1.84. The summed E-state index contributed by atoms with van der Waals surface area (Å²) in [5, 5.41) is 9.61. The van der Waals surface area contributed by atoms with Gasteiger partial charge in [0.25, 0.3) is 0 Å². The molecule has 0 unspecified atom stereocenters. The fraction of sp³-hybridized carbons (Fsp3) is 0.800. The molecule has 22 heavy (non-hydrogen) atoms. The molecule has 5 atom stereocenters. The SMILES string of the molecule is CC1(C)O[C@@H]([C@H]2O[C@@H](O)C=CC2=O)[C@@H]([C@H]2COC(C)(C)O2)O1. The Kier molecular flexibility index (Phi) is 3.91. The van der Waals surface area contributed by atoms with Gasteiger partial charge in [0.15, 0.2) is 29.8 Å². The lowest BCUT2D eigenvalue weighted by atomic mass is 9.99. The monoisotopic (exact) mass is 314 g/mol. The van der Waals surface area contributed by atoms with Crippen molar-refractivity contribution >= 4 is 5.78 Å². The van der Waals surface area contributed by atoms with Gasteiger partial charge in [-0.3, -0.25) is 4.79 Å². The molecule has 3 aliphatic rings. The topological polar surface area (TPSA) is 83.5 Å². The standard InChI is InChI=1S/C15H22O7/c1-14(2)18-7-9(20-14)12-13(22-15(3,4)21-12)11-8(16)5-6-10(17)19-11/h5-6,9-13,17H,7H2,1-4H3/t9-,10-,11+,12-,13+/m1/s1. The van der Waals surface area contributed by atoms with Crippen molar-refractivity contribution in [1.82, 2.24) is 0 Å². The van der Waals surface area contributed by atoms with Crippen LogP contribution in [-0.4, -0.2) is 59.8 Å². The zero-order valence-corrected chi connectivity index (χ0v) is 13.1. The summed E-state index contributed by atoms with van der Waals surface area (Å²) in [5.41, 5.74) is 0. The van der Waals surface area contributed by atoms with Crippen molar-refractivity contribution in [1.29, 1.82) is 0 Å². The molecule has 3 rings (SSSR count). The van der Waals surface area contributed by atoms with Gasteiger partial charge in [0.05, 0.1) is 6.61 Å². The van der Waals surface area contributed by atoms with Crippen molar-refractivity contribution in [3.8, 4) is 0 Å². The van der Waals surface area contributed by atoms with Crippen LogP contribution in [0.5, 0.6) is 0 Å². The van der Waals surface area contributed by atoms with Crippen LogP contribution in [0.2, 0.25) is 0 Å². The highest BCUT2D eigenvalue weighted by Gasteiger charge is 2.54. The molecule has 0 spiro atoms. The van der Waals surface area contributed by atoms with Crippen molar-refractivity contribution in [2.75, 3.05) is 6.61 Å². The predicted octanol–water partition coefficient (Wildman–Crippen LogP) is 0.500. The second-order valence-corrected chi connectivity index (χ2v) is 6.64. The van der Waals surface area contributed by atoms with E-state index in [1.165, 1.54) is 12.2 Å². The van der Waals surface area contributed by atoms with E-state index in [-0.39, 0.29) is 11.9 Å². The van der Waals surface area contributed by atoms with Crippen LogP contribution >= 0.6 is 0 Å². The number of ketones is 1. The molecular formula is C15H22O7. The Morgan fingerprint density at radius 3 is 2.41 bits per heavy atom. The minimum absolute atomic E-state index is 0.264. The fourth-order valence-corrected chi connectivity index (χ4v) is 2.99. The number of hydrogen-bond acceptors (Lipinski definition) is 7. The van der Waals surface area contributed by atoms with E-state index in [0.717, 1.165) is 0 Å². The molecule has 124 valence electrons. The predicted molar refractivity (Wildman–Crippen MR) is 73.8 cm³/mol. The third-order valence-electron chi connectivity index (χ3n) is 3.85. The van der Waals surface area contributed by atoms with Crippen LogP contribution in [0.25, 0.3) is 0 Å². The lowest BCUT2D eigenvalue weighted by Gasteiger charge is -2.30. The largest absolute Gasteiger partial charge is 0.365 e. The first-order chi connectivity index (χ1) is 10.2. The highest BCUT2D eigenvalue weighted by molar-refractivity contribution is 5.94. The molecule has 0 saturated carbocycles. The number of carbonyl (C=O) groups excluding carboxylic acids is 1. The summed E-state index contributed by atoms with van der Waals surface area (Å²) in [6, 6.07) is 0. The minimum Gasteiger partial charge on any atom is -0.365 e. The number of rotatable bonds is 2. The summed E-state index contributed by atoms with van der Waals surface area (Å²) in [6.45, 7) is 7.50. The van der Waals surface area contributed by atoms with E-state index in [2.05, 4.69) is 0 Å². The van der Waals surface area contributed by atoms with Gasteiger partial charge in [0.2, 0.25) is 0 Å². The Morgan fingerprint density at radius 2 is 1.77 bits per heavy atom. The molecule has 1 N–H and O–H groups in total. The van der Waals surface area contributed by atoms with E-state index in [1.54, 1.807) is 13.8 Å². The Morgan fingerprint density at radius 1 is 1.09 bits per heavy atom. The van der Waals surface area contributed by atoms with Crippen LogP contribution in [0, 0.1) is 0 Å². The number of carbonyl (C=O) groups is 1. The second kappa shape index (κ2) is 5.36. The first-order valence-corrected chi connectivity index (χ1v) is 7.40. The zero-order valence-electron chi connectivity index (χ0n) is 13.1. The van der Waals surface area contributed by atoms with E-state index in [0.29, 0.717) is 6.61 Å². The van der Waals surface area contributed by atoms with Crippen molar-refractivity contribution < 1.29 is 33.6 Å². The molecule has 2 fully saturated rings. The Labute approximate surface area is 129 Å². The van der Waals surface area contributed by atoms with Gasteiger partial charge < -0.3 is 28.8 Å². The third-order valence-corrected chi connectivity index (χ3v) is 3.85. The quantitative estimate of drug-likeness (QED) is 0.794. The van der Waals surface area contributed by atoms with Gasteiger partial charge in [0, 0.05) is 0 Å². The smallest absolute Gasteiger partial charge is 0.187 e. The first-order valence-electron chi connectivity index (χ1n) is 7.40. The normalized spacial score (nSPS) is 43.7. The van der Waals surface area contributed by atoms with Gasteiger partial charge in [-0.05, 0) is 39.8 Å². The number of aliphatic hydroxyl groups excluding tert-OH is 1. The highest BCUT2D eigenvalue weighted by atomic mass is 16.8. The minimum atomic E-state index is -1.13. The molecule has 7 nitrogen and oxygen atoms in total. The van der Waals surface area contributed by atoms with Crippen LogP contribution in [-0.2, 0) is 28.5 Å². The van der Waals surface area contributed by atoms with E-state index >= 15 is 0 Å².